The summed E-state index contributed by atoms with van der Waals surface area (Å²) in [4.78, 5) is 0. The zero-order valence-electron chi connectivity index (χ0n) is 16.5. The van der Waals surface area contributed by atoms with Gasteiger partial charge in [0.1, 0.15) is 8.80 Å². The van der Waals surface area contributed by atoms with Crippen LogP contribution in [-0.2, 0) is 0 Å². The zero-order chi connectivity index (χ0) is 17.5. The van der Waals surface area contributed by atoms with E-state index in [0.717, 1.165) is 0 Å². The van der Waals surface area contributed by atoms with Gasteiger partial charge in [0.2, 0.25) is 0 Å². The van der Waals surface area contributed by atoms with Gasteiger partial charge in [0.15, 0.2) is 0 Å². The van der Waals surface area contributed by atoms with E-state index < -0.39 is 8.80 Å². The van der Waals surface area contributed by atoms with Crippen molar-refractivity contribution in [3.63, 3.8) is 0 Å². The maximum atomic E-state index is 2.58. The topological polar surface area (TPSA) is 0 Å². The van der Waals surface area contributed by atoms with Gasteiger partial charge in [-0.05, 0) is 40.0 Å². The first kappa shape index (κ1) is 19.2. The fraction of sp³-hybridized carbons (Fsp3) is 0.565. The predicted octanol–water partition coefficient (Wildman–Crippen LogP) is 6.22. The largest absolute Gasteiger partial charge is 0.103 e. The standard InChI is InChI=1S/C23H36Si/c1-6-8-10-15-24(22-14-11-13-21(22)12-9-7-2)23-19(4)16-18(3)17-20(23)5/h13-14,16-17,24H,6-12,15H2,1-5H3. The molecule has 1 atom stereocenters. The lowest BCUT2D eigenvalue weighted by molar-refractivity contribution is 0.766. The summed E-state index contributed by atoms with van der Waals surface area (Å²) in [6.07, 6.45) is 14.3. The van der Waals surface area contributed by atoms with E-state index in [1.807, 2.05) is 0 Å². The van der Waals surface area contributed by atoms with E-state index in [1.165, 1.54) is 56.6 Å². The monoisotopic (exact) mass is 340 g/mol. The molecular weight excluding hydrogens is 304 g/mol. The molecule has 1 aromatic rings. The lowest BCUT2D eigenvalue weighted by Gasteiger charge is -2.24. The van der Waals surface area contributed by atoms with Crippen molar-refractivity contribution >= 4 is 14.0 Å². The molecule has 0 N–H and O–H groups in total. The van der Waals surface area contributed by atoms with Crippen LogP contribution in [0.1, 0.15) is 75.5 Å². The molecule has 0 amide bonds. The van der Waals surface area contributed by atoms with E-state index >= 15 is 0 Å². The number of allylic oxidation sites excluding steroid dienone is 4. The first-order valence-electron chi connectivity index (χ1n) is 10.1. The normalized spacial score (nSPS) is 15.4. The molecule has 0 saturated heterocycles. The van der Waals surface area contributed by atoms with Crippen molar-refractivity contribution in [2.45, 2.75) is 85.6 Å². The zero-order valence-corrected chi connectivity index (χ0v) is 17.7. The third-order valence-electron chi connectivity index (χ3n) is 5.43. The van der Waals surface area contributed by atoms with Crippen molar-refractivity contribution in [1.29, 1.82) is 0 Å². The van der Waals surface area contributed by atoms with Crippen LogP contribution in [0.2, 0.25) is 6.04 Å². The van der Waals surface area contributed by atoms with Crippen LogP contribution in [0.25, 0.3) is 0 Å². The lowest BCUT2D eigenvalue weighted by atomic mass is 10.1. The summed E-state index contributed by atoms with van der Waals surface area (Å²) >= 11 is 0. The van der Waals surface area contributed by atoms with Gasteiger partial charge in [0.05, 0.1) is 0 Å². The van der Waals surface area contributed by atoms with Gasteiger partial charge in [0, 0.05) is 0 Å². The van der Waals surface area contributed by atoms with Crippen LogP contribution in [0.15, 0.2) is 35.1 Å². The molecule has 1 aromatic carbocycles. The van der Waals surface area contributed by atoms with Crippen LogP contribution >= 0.6 is 0 Å². The molecule has 132 valence electrons. The average Bonchev–Trinajstić information content (AvgIpc) is 2.98. The Labute approximate surface area is 151 Å². The molecule has 1 aliphatic carbocycles. The minimum atomic E-state index is -1.08. The van der Waals surface area contributed by atoms with Gasteiger partial charge >= 0.3 is 0 Å². The molecule has 2 rings (SSSR count). The van der Waals surface area contributed by atoms with Crippen molar-refractivity contribution in [3.05, 3.63) is 51.7 Å². The van der Waals surface area contributed by atoms with E-state index in [0.29, 0.717) is 0 Å². The number of hydrogen-bond donors (Lipinski definition) is 0. The fourth-order valence-electron chi connectivity index (χ4n) is 4.35. The summed E-state index contributed by atoms with van der Waals surface area (Å²) in [5.41, 5.74) is 6.20. The SMILES string of the molecule is CCCCC[SiH](C1=CCC=C1CCCC)c1c(C)cc(C)cc1C. The second-order valence-corrected chi connectivity index (χ2v) is 10.5. The van der Waals surface area contributed by atoms with E-state index in [9.17, 15) is 0 Å². The minimum Gasteiger partial charge on any atom is -0.0811 e. The molecular formula is C23H36Si. The fourth-order valence-corrected chi connectivity index (χ4v) is 8.36. The first-order valence-corrected chi connectivity index (χ1v) is 12.0. The molecule has 0 bridgehead atoms. The number of unbranched alkanes of at least 4 members (excludes halogenated alkanes) is 3. The third-order valence-corrected chi connectivity index (χ3v) is 9.38. The van der Waals surface area contributed by atoms with Crippen LogP contribution in [0.4, 0.5) is 0 Å². The van der Waals surface area contributed by atoms with Crippen molar-refractivity contribution in [2.75, 3.05) is 0 Å². The molecule has 24 heavy (non-hydrogen) atoms. The highest BCUT2D eigenvalue weighted by atomic mass is 28.3. The van der Waals surface area contributed by atoms with Crippen molar-refractivity contribution < 1.29 is 0 Å². The van der Waals surface area contributed by atoms with Crippen LogP contribution in [0.5, 0.6) is 0 Å². The molecule has 0 aliphatic heterocycles. The highest BCUT2D eigenvalue weighted by molar-refractivity contribution is 6.81. The van der Waals surface area contributed by atoms with Gasteiger partial charge < -0.3 is 0 Å². The Kier molecular flexibility index (Phi) is 7.55. The van der Waals surface area contributed by atoms with E-state index in [-0.39, 0.29) is 0 Å². The summed E-state index contributed by atoms with van der Waals surface area (Å²) in [7, 11) is -1.08. The Morgan fingerprint density at radius 1 is 0.875 bits per heavy atom. The number of aryl methyl sites for hydroxylation is 3. The van der Waals surface area contributed by atoms with Gasteiger partial charge in [-0.2, -0.15) is 0 Å². The Bertz CT molecular complexity index is 583. The summed E-state index contributed by atoms with van der Waals surface area (Å²) < 4.78 is 0. The maximum absolute atomic E-state index is 2.58. The van der Waals surface area contributed by atoms with Gasteiger partial charge in [-0.25, -0.2) is 0 Å². The van der Waals surface area contributed by atoms with Gasteiger partial charge in [0.25, 0.3) is 0 Å². The Morgan fingerprint density at radius 3 is 2.17 bits per heavy atom. The van der Waals surface area contributed by atoms with Crippen molar-refractivity contribution in [2.24, 2.45) is 0 Å². The van der Waals surface area contributed by atoms with Crippen LogP contribution < -0.4 is 5.19 Å². The summed E-state index contributed by atoms with van der Waals surface area (Å²) in [5.74, 6) is 0. The van der Waals surface area contributed by atoms with Gasteiger partial charge in [-0.3, -0.25) is 0 Å². The van der Waals surface area contributed by atoms with Crippen molar-refractivity contribution in [3.8, 4) is 0 Å². The maximum Gasteiger partial charge on any atom is 0.103 e. The molecule has 1 unspecified atom stereocenters. The molecule has 1 aliphatic rings. The number of rotatable bonds is 9. The summed E-state index contributed by atoms with van der Waals surface area (Å²) in [6, 6.07) is 6.26. The molecule has 0 radical (unpaired) electrons. The van der Waals surface area contributed by atoms with Crippen LogP contribution in [-0.4, -0.2) is 8.80 Å². The second-order valence-electron chi connectivity index (χ2n) is 7.59. The van der Waals surface area contributed by atoms with Gasteiger partial charge in [-0.15, -0.1) is 0 Å². The van der Waals surface area contributed by atoms with E-state index in [1.54, 1.807) is 27.1 Å². The first-order chi connectivity index (χ1) is 11.6. The molecule has 0 heterocycles. The molecule has 0 fully saturated rings. The second kappa shape index (κ2) is 9.41. The summed E-state index contributed by atoms with van der Waals surface area (Å²) in [6.45, 7) is 11.6. The summed E-state index contributed by atoms with van der Waals surface area (Å²) in [5, 5.41) is 3.53. The van der Waals surface area contributed by atoms with Crippen LogP contribution in [0.3, 0.4) is 0 Å². The molecule has 0 aromatic heterocycles. The minimum absolute atomic E-state index is 1.08. The number of hydrogen-bond acceptors (Lipinski definition) is 0. The molecule has 1 heteroatoms. The Morgan fingerprint density at radius 2 is 1.54 bits per heavy atom. The highest BCUT2D eigenvalue weighted by Gasteiger charge is 2.25. The lowest BCUT2D eigenvalue weighted by Crippen LogP contribution is -2.37. The molecule has 0 spiro atoms. The smallest absolute Gasteiger partial charge is 0.0811 e. The van der Waals surface area contributed by atoms with E-state index in [4.69, 9.17) is 0 Å². The quantitative estimate of drug-likeness (QED) is 0.369. The third kappa shape index (κ3) is 4.72. The molecule has 0 nitrogen and oxygen atoms in total. The Balaban J connectivity index is 2.34. The van der Waals surface area contributed by atoms with Crippen LogP contribution in [0, 0.1) is 20.8 Å². The van der Waals surface area contributed by atoms with Crippen molar-refractivity contribution in [1.82, 2.24) is 0 Å². The molecule has 0 saturated carbocycles. The highest BCUT2D eigenvalue weighted by Crippen LogP contribution is 2.29. The van der Waals surface area contributed by atoms with E-state index in [2.05, 4.69) is 58.9 Å². The average molecular weight is 341 g/mol. The van der Waals surface area contributed by atoms with Gasteiger partial charge in [-0.1, -0.05) is 103 Å². The Hall–Kier alpha value is -1.08. The predicted molar refractivity (Wildman–Crippen MR) is 112 cm³/mol. The number of benzene rings is 1.